The van der Waals surface area contributed by atoms with Gasteiger partial charge in [-0.05, 0) is 25.9 Å². The van der Waals surface area contributed by atoms with E-state index in [2.05, 4.69) is 33.9 Å². The molecule has 0 bridgehead atoms. The summed E-state index contributed by atoms with van der Waals surface area (Å²) in [5.41, 5.74) is 0.00424. The average Bonchev–Trinajstić information content (AvgIpc) is 2.13. The predicted octanol–water partition coefficient (Wildman–Crippen LogP) is 2.37. The maximum absolute atomic E-state index is 11.9. The summed E-state index contributed by atoms with van der Waals surface area (Å²) >= 11 is 0. The Bertz CT molecular complexity index is 248. The highest BCUT2D eigenvalue weighted by atomic mass is 28.3. The smallest absolute Gasteiger partial charge is 0.224 e. The van der Waals surface area contributed by atoms with Crippen molar-refractivity contribution in [1.82, 2.24) is 4.90 Å². The van der Waals surface area contributed by atoms with Gasteiger partial charge in [0.1, 0.15) is 6.23 Å². The van der Waals surface area contributed by atoms with Gasteiger partial charge in [0.2, 0.25) is 5.91 Å². The van der Waals surface area contributed by atoms with Crippen molar-refractivity contribution < 1.29 is 9.22 Å². The number of rotatable bonds is 3. The Balaban J connectivity index is 2.78. The molecule has 0 aliphatic carbocycles. The van der Waals surface area contributed by atoms with Gasteiger partial charge in [0.25, 0.3) is 0 Å². The zero-order chi connectivity index (χ0) is 12.3. The fourth-order valence-corrected chi connectivity index (χ4v) is 3.15. The molecule has 16 heavy (non-hydrogen) atoms. The fraction of sp³-hybridized carbons (Fsp3) is 0.917. The van der Waals surface area contributed by atoms with E-state index in [4.69, 9.17) is 4.43 Å². The second-order valence-corrected chi connectivity index (χ2v) is 8.32. The van der Waals surface area contributed by atoms with Crippen molar-refractivity contribution in [3.05, 3.63) is 0 Å². The van der Waals surface area contributed by atoms with E-state index in [0.717, 1.165) is 19.4 Å². The molecule has 1 aliphatic rings. The van der Waals surface area contributed by atoms with Crippen molar-refractivity contribution in [1.29, 1.82) is 0 Å². The van der Waals surface area contributed by atoms with Crippen LogP contribution in [0, 0.1) is 5.41 Å². The maximum Gasteiger partial charge on any atom is 0.224 e. The van der Waals surface area contributed by atoms with Gasteiger partial charge in [-0.1, -0.05) is 20.8 Å². The van der Waals surface area contributed by atoms with Crippen LogP contribution >= 0.6 is 0 Å². The van der Waals surface area contributed by atoms with E-state index in [1.54, 1.807) is 0 Å². The van der Waals surface area contributed by atoms with Crippen molar-refractivity contribution in [3.8, 4) is 0 Å². The van der Waals surface area contributed by atoms with Crippen LogP contribution in [0.2, 0.25) is 13.1 Å². The molecule has 3 nitrogen and oxygen atoms in total. The molecule has 1 aliphatic heterocycles. The molecule has 1 atom stereocenters. The first-order valence-electron chi connectivity index (χ1n) is 6.27. The number of likely N-dealkylation sites (tertiary alicyclic amines) is 1. The number of amides is 1. The third-order valence-corrected chi connectivity index (χ3v) is 3.59. The summed E-state index contributed by atoms with van der Waals surface area (Å²) in [6.07, 6.45) is 2.80. The van der Waals surface area contributed by atoms with Gasteiger partial charge >= 0.3 is 0 Å². The Morgan fingerprint density at radius 2 is 1.94 bits per heavy atom. The van der Waals surface area contributed by atoms with E-state index in [1.807, 2.05) is 4.90 Å². The molecule has 0 aromatic carbocycles. The number of hydrogen-bond acceptors (Lipinski definition) is 2. The van der Waals surface area contributed by atoms with Gasteiger partial charge in [-0.25, -0.2) is 0 Å². The van der Waals surface area contributed by atoms with Gasteiger partial charge in [0.15, 0.2) is 9.04 Å². The normalized spacial score (nSPS) is 20.4. The van der Waals surface area contributed by atoms with E-state index >= 15 is 0 Å². The summed E-state index contributed by atoms with van der Waals surface area (Å²) in [5.74, 6) is 0.265. The van der Waals surface area contributed by atoms with Gasteiger partial charge in [-0.3, -0.25) is 4.79 Å². The number of carbonyl (C=O) groups excluding carboxylic acids is 1. The molecule has 0 saturated carbocycles. The third-order valence-electron chi connectivity index (χ3n) is 2.78. The molecule has 0 radical (unpaired) electrons. The Kier molecular flexibility index (Phi) is 4.56. The summed E-state index contributed by atoms with van der Waals surface area (Å²) in [6, 6.07) is 0. The molecule has 1 heterocycles. The Hall–Kier alpha value is -0.353. The van der Waals surface area contributed by atoms with Gasteiger partial charge in [-0.15, -0.1) is 0 Å². The van der Waals surface area contributed by atoms with Gasteiger partial charge < -0.3 is 9.33 Å². The standard InChI is InChI=1S/C12H25NO2Si/c1-12(2,3)11(15-16(4)5)13-9-7-6-8-10(13)14/h11,16H,6-9H2,1-5H3. The maximum atomic E-state index is 11.9. The lowest BCUT2D eigenvalue weighted by molar-refractivity contribution is -0.150. The lowest BCUT2D eigenvalue weighted by Crippen LogP contribution is -2.52. The van der Waals surface area contributed by atoms with Crippen LogP contribution in [-0.2, 0) is 9.22 Å². The van der Waals surface area contributed by atoms with Gasteiger partial charge in [-0.2, -0.15) is 0 Å². The topological polar surface area (TPSA) is 29.5 Å². The van der Waals surface area contributed by atoms with Crippen LogP contribution in [-0.4, -0.2) is 32.6 Å². The molecule has 0 aromatic heterocycles. The number of nitrogens with zero attached hydrogens (tertiary/aromatic N) is 1. The first kappa shape index (κ1) is 13.7. The molecule has 1 saturated heterocycles. The summed E-state index contributed by atoms with van der Waals surface area (Å²) in [5, 5.41) is 0. The van der Waals surface area contributed by atoms with Gasteiger partial charge in [0, 0.05) is 18.4 Å². The van der Waals surface area contributed by atoms with Crippen LogP contribution in [0.15, 0.2) is 0 Å². The van der Waals surface area contributed by atoms with Crippen molar-refractivity contribution >= 4 is 14.9 Å². The van der Waals surface area contributed by atoms with Crippen LogP contribution < -0.4 is 0 Å². The van der Waals surface area contributed by atoms with Crippen LogP contribution in [0.25, 0.3) is 0 Å². The van der Waals surface area contributed by atoms with Crippen LogP contribution in [0.3, 0.4) is 0 Å². The molecule has 0 N–H and O–H groups in total. The number of piperidine rings is 1. The second kappa shape index (κ2) is 5.32. The lowest BCUT2D eigenvalue weighted by Gasteiger charge is -2.42. The molecule has 94 valence electrons. The lowest BCUT2D eigenvalue weighted by atomic mass is 9.92. The van der Waals surface area contributed by atoms with E-state index in [0.29, 0.717) is 6.42 Å². The number of hydrogen-bond donors (Lipinski definition) is 0. The Labute approximate surface area is 101 Å². The average molecular weight is 243 g/mol. The monoisotopic (exact) mass is 243 g/mol. The fourth-order valence-electron chi connectivity index (χ4n) is 2.08. The van der Waals surface area contributed by atoms with Crippen LogP contribution in [0.5, 0.6) is 0 Å². The first-order chi connectivity index (χ1) is 7.32. The summed E-state index contributed by atoms with van der Waals surface area (Å²) < 4.78 is 6.07. The molecule has 1 fully saturated rings. The van der Waals surface area contributed by atoms with Crippen LogP contribution in [0.4, 0.5) is 0 Å². The van der Waals surface area contributed by atoms with E-state index in [9.17, 15) is 4.79 Å². The zero-order valence-electron chi connectivity index (χ0n) is 11.2. The van der Waals surface area contributed by atoms with E-state index < -0.39 is 9.04 Å². The summed E-state index contributed by atoms with van der Waals surface area (Å²) in [6.45, 7) is 11.6. The van der Waals surface area contributed by atoms with Crippen molar-refractivity contribution in [2.45, 2.75) is 59.4 Å². The van der Waals surface area contributed by atoms with E-state index in [1.165, 1.54) is 0 Å². The second-order valence-electron chi connectivity index (χ2n) is 5.95. The third kappa shape index (κ3) is 3.59. The van der Waals surface area contributed by atoms with Crippen molar-refractivity contribution in [3.63, 3.8) is 0 Å². The minimum atomic E-state index is -1.12. The minimum Gasteiger partial charge on any atom is -0.400 e. The van der Waals surface area contributed by atoms with Crippen molar-refractivity contribution in [2.75, 3.05) is 6.54 Å². The molecule has 4 heteroatoms. The highest BCUT2D eigenvalue weighted by Gasteiger charge is 2.35. The summed E-state index contributed by atoms with van der Waals surface area (Å²) in [4.78, 5) is 13.9. The molecular formula is C12H25NO2Si. The molecular weight excluding hydrogens is 218 g/mol. The SMILES string of the molecule is C[SiH](C)OC(N1CCCCC1=O)C(C)(C)C. The zero-order valence-corrected chi connectivity index (χ0v) is 12.4. The highest BCUT2D eigenvalue weighted by Crippen LogP contribution is 2.28. The Morgan fingerprint density at radius 3 is 2.38 bits per heavy atom. The highest BCUT2D eigenvalue weighted by molar-refractivity contribution is 6.48. The largest absolute Gasteiger partial charge is 0.400 e. The predicted molar refractivity (Wildman–Crippen MR) is 68.8 cm³/mol. The molecule has 1 unspecified atom stereocenters. The van der Waals surface area contributed by atoms with E-state index in [-0.39, 0.29) is 17.6 Å². The first-order valence-corrected chi connectivity index (χ1v) is 9.05. The number of carbonyl (C=O) groups is 1. The molecule has 0 spiro atoms. The molecule has 1 rings (SSSR count). The minimum absolute atomic E-state index is 0.00424. The Morgan fingerprint density at radius 1 is 1.31 bits per heavy atom. The molecule has 1 amide bonds. The van der Waals surface area contributed by atoms with Crippen LogP contribution in [0.1, 0.15) is 40.0 Å². The van der Waals surface area contributed by atoms with Crippen molar-refractivity contribution in [2.24, 2.45) is 5.41 Å². The summed E-state index contributed by atoms with van der Waals surface area (Å²) in [7, 11) is -1.12. The van der Waals surface area contributed by atoms with Gasteiger partial charge in [0.05, 0.1) is 0 Å². The quantitative estimate of drug-likeness (QED) is 0.712. The molecule has 0 aromatic rings.